The van der Waals surface area contributed by atoms with Gasteiger partial charge in [-0.15, -0.1) is 0 Å². The summed E-state index contributed by atoms with van der Waals surface area (Å²) in [5.41, 5.74) is 7.82. The second kappa shape index (κ2) is 5.41. The molecule has 2 heteroatoms. The topological polar surface area (TPSA) is 35.2 Å². The van der Waals surface area contributed by atoms with Gasteiger partial charge in [-0.3, -0.25) is 0 Å². The van der Waals surface area contributed by atoms with Crippen LogP contribution in [0.15, 0.2) is 30.3 Å². The van der Waals surface area contributed by atoms with Gasteiger partial charge in [0.25, 0.3) is 0 Å². The number of ether oxygens (including phenoxy) is 1. The fourth-order valence-electron chi connectivity index (χ4n) is 3.24. The van der Waals surface area contributed by atoms with Crippen molar-refractivity contribution in [1.29, 1.82) is 0 Å². The van der Waals surface area contributed by atoms with Crippen LogP contribution < -0.4 is 5.73 Å². The first-order chi connectivity index (χ1) is 8.84. The van der Waals surface area contributed by atoms with E-state index in [2.05, 4.69) is 30.3 Å². The molecule has 0 bridgehead atoms. The zero-order chi connectivity index (χ0) is 12.4. The van der Waals surface area contributed by atoms with Gasteiger partial charge in [0.2, 0.25) is 0 Å². The van der Waals surface area contributed by atoms with Crippen LogP contribution in [0.5, 0.6) is 0 Å². The van der Waals surface area contributed by atoms with Crippen molar-refractivity contribution in [3.63, 3.8) is 0 Å². The SMILES string of the molecule is NC(CC1CCCCO1)C1CC1c1ccccc1. The molecule has 2 fully saturated rings. The smallest absolute Gasteiger partial charge is 0.0590 e. The first kappa shape index (κ1) is 12.2. The normalized spacial score (nSPS) is 33.1. The van der Waals surface area contributed by atoms with Crippen molar-refractivity contribution in [1.82, 2.24) is 0 Å². The summed E-state index contributed by atoms with van der Waals surface area (Å²) in [6, 6.07) is 11.1. The van der Waals surface area contributed by atoms with Crippen molar-refractivity contribution in [3.8, 4) is 0 Å². The summed E-state index contributed by atoms with van der Waals surface area (Å²) >= 11 is 0. The summed E-state index contributed by atoms with van der Waals surface area (Å²) in [5, 5.41) is 0. The van der Waals surface area contributed by atoms with Gasteiger partial charge in [-0.25, -0.2) is 0 Å². The molecule has 18 heavy (non-hydrogen) atoms. The highest BCUT2D eigenvalue weighted by Gasteiger charge is 2.42. The molecule has 1 aromatic carbocycles. The van der Waals surface area contributed by atoms with Crippen molar-refractivity contribution in [2.24, 2.45) is 11.7 Å². The Kier molecular flexibility index (Phi) is 3.67. The minimum Gasteiger partial charge on any atom is -0.378 e. The van der Waals surface area contributed by atoms with E-state index in [0.717, 1.165) is 13.0 Å². The van der Waals surface area contributed by atoms with E-state index in [-0.39, 0.29) is 0 Å². The summed E-state index contributed by atoms with van der Waals surface area (Å²) in [6.45, 7) is 0.935. The maximum absolute atomic E-state index is 6.36. The lowest BCUT2D eigenvalue weighted by atomic mass is 9.97. The lowest BCUT2D eigenvalue weighted by Crippen LogP contribution is -2.31. The number of benzene rings is 1. The highest BCUT2D eigenvalue weighted by molar-refractivity contribution is 5.26. The average molecular weight is 245 g/mol. The molecule has 4 atom stereocenters. The zero-order valence-corrected chi connectivity index (χ0v) is 10.9. The molecule has 1 saturated carbocycles. The molecule has 0 amide bonds. The number of rotatable bonds is 4. The van der Waals surface area contributed by atoms with Gasteiger partial charge in [0, 0.05) is 12.6 Å². The monoisotopic (exact) mass is 245 g/mol. The molecule has 1 aliphatic heterocycles. The molecule has 1 heterocycles. The molecule has 0 radical (unpaired) electrons. The fraction of sp³-hybridized carbons (Fsp3) is 0.625. The highest BCUT2D eigenvalue weighted by Crippen LogP contribution is 2.49. The molecule has 1 aliphatic carbocycles. The van der Waals surface area contributed by atoms with Gasteiger partial charge in [-0.05, 0) is 49.5 Å². The van der Waals surface area contributed by atoms with Gasteiger partial charge in [0.05, 0.1) is 6.10 Å². The molecule has 3 rings (SSSR count). The highest BCUT2D eigenvalue weighted by atomic mass is 16.5. The molecule has 2 aliphatic rings. The Bertz CT molecular complexity index is 372. The van der Waals surface area contributed by atoms with Crippen LogP contribution in [0, 0.1) is 5.92 Å². The fourth-order valence-corrected chi connectivity index (χ4v) is 3.24. The third kappa shape index (κ3) is 2.76. The molecular weight excluding hydrogens is 222 g/mol. The second-order valence-corrected chi connectivity index (χ2v) is 5.80. The summed E-state index contributed by atoms with van der Waals surface area (Å²) in [4.78, 5) is 0. The van der Waals surface area contributed by atoms with Gasteiger partial charge < -0.3 is 10.5 Å². The molecule has 98 valence electrons. The minimum absolute atomic E-state index is 0.318. The number of nitrogens with two attached hydrogens (primary N) is 1. The van der Waals surface area contributed by atoms with E-state index in [1.807, 2.05) is 0 Å². The van der Waals surface area contributed by atoms with E-state index in [4.69, 9.17) is 10.5 Å². The maximum atomic E-state index is 6.36. The summed E-state index contributed by atoms with van der Waals surface area (Å²) in [5.74, 6) is 1.38. The largest absolute Gasteiger partial charge is 0.378 e. The molecule has 2 N–H and O–H groups in total. The first-order valence-corrected chi connectivity index (χ1v) is 7.26. The van der Waals surface area contributed by atoms with Crippen LogP contribution in [0.25, 0.3) is 0 Å². The Morgan fingerprint density at radius 3 is 2.78 bits per heavy atom. The third-order valence-corrected chi connectivity index (χ3v) is 4.43. The zero-order valence-electron chi connectivity index (χ0n) is 10.9. The molecule has 2 nitrogen and oxygen atoms in total. The Morgan fingerprint density at radius 1 is 1.22 bits per heavy atom. The summed E-state index contributed by atoms with van der Waals surface area (Å²) in [7, 11) is 0. The summed E-state index contributed by atoms with van der Waals surface area (Å²) in [6.07, 6.45) is 6.47. The van der Waals surface area contributed by atoms with Crippen LogP contribution in [0.3, 0.4) is 0 Å². The Balaban J connectivity index is 1.51. The van der Waals surface area contributed by atoms with Crippen molar-refractivity contribution in [3.05, 3.63) is 35.9 Å². The van der Waals surface area contributed by atoms with E-state index in [9.17, 15) is 0 Å². The molecule has 1 saturated heterocycles. The van der Waals surface area contributed by atoms with Gasteiger partial charge in [0.1, 0.15) is 0 Å². The van der Waals surface area contributed by atoms with Crippen LogP contribution in [-0.4, -0.2) is 18.8 Å². The molecule has 1 aromatic rings. The van der Waals surface area contributed by atoms with Crippen molar-refractivity contribution < 1.29 is 4.74 Å². The van der Waals surface area contributed by atoms with E-state index in [0.29, 0.717) is 24.0 Å². The van der Waals surface area contributed by atoms with Gasteiger partial charge in [-0.2, -0.15) is 0 Å². The van der Waals surface area contributed by atoms with Crippen molar-refractivity contribution in [2.75, 3.05) is 6.61 Å². The molecule has 4 unspecified atom stereocenters. The lowest BCUT2D eigenvalue weighted by Gasteiger charge is -2.25. The summed E-state index contributed by atoms with van der Waals surface area (Å²) < 4.78 is 5.79. The number of hydrogen-bond donors (Lipinski definition) is 1. The van der Waals surface area contributed by atoms with Crippen LogP contribution in [-0.2, 0) is 4.74 Å². The van der Waals surface area contributed by atoms with Crippen LogP contribution in [0.1, 0.15) is 43.6 Å². The van der Waals surface area contributed by atoms with E-state index >= 15 is 0 Å². The second-order valence-electron chi connectivity index (χ2n) is 5.80. The average Bonchev–Trinajstić information content (AvgIpc) is 3.21. The van der Waals surface area contributed by atoms with Gasteiger partial charge >= 0.3 is 0 Å². The first-order valence-electron chi connectivity index (χ1n) is 7.26. The lowest BCUT2D eigenvalue weighted by molar-refractivity contribution is 0.00618. The molecule has 0 spiro atoms. The van der Waals surface area contributed by atoms with Gasteiger partial charge in [0.15, 0.2) is 0 Å². The quantitative estimate of drug-likeness (QED) is 0.884. The predicted molar refractivity (Wildman–Crippen MR) is 73.5 cm³/mol. The van der Waals surface area contributed by atoms with Crippen LogP contribution >= 0.6 is 0 Å². The Morgan fingerprint density at radius 2 is 2.06 bits per heavy atom. The number of hydrogen-bond acceptors (Lipinski definition) is 2. The van der Waals surface area contributed by atoms with E-state index in [1.165, 1.54) is 31.2 Å². The third-order valence-electron chi connectivity index (χ3n) is 4.43. The van der Waals surface area contributed by atoms with Crippen molar-refractivity contribution >= 4 is 0 Å². The Labute approximate surface area is 110 Å². The standard InChI is InChI=1S/C16H23NO/c17-16(10-13-8-4-5-9-18-13)15-11-14(15)12-6-2-1-3-7-12/h1-3,6-7,13-16H,4-5,8-11,17H2. The van der Waals surface area contributed by atoms with Crippen molar-refractivity contribution in [2.45, 2.75) is 50.2 Å². The van der Waals surface area contributed by atoms with Crippen LogP contribution in [0.4, 0.5) is 0 Å². The molecular formula is C16H23NO. The van der Waals surface area contributed by atoms with Crippen LogP contribution in [0.2, 0.25) is 0 Å². The van der Waals surface area contributed by atoms with E-state index < -0.39 is 0 Å². The minimum atomic E-state index is 0.318. The molecule has 0 aromatic heterocycles. The van der Waals surface area contributed by atoms with Gasteiger partial charge in [-0.1, -0.05) is 30.3 Å². The Hall–Kier alpha value is -0.860. The predicted octanol–water partition coefficient (Wildman–Crippen LogP) is 3.08. The maximum Gasteiger partial charge on any atom is 0.0590 e. The van der Waals surface area contributed by atoms with E-state index in [1.54, 1.807) is 0 Å².